The first kappa shape index (κ1) is 20.0. The molecule has 140 valence electrons. The molecule has 0 bridgehead atoms. The Balaban J connectivity index is 1.74. The van der Waals surface area contributed by atoms with Crippen LogP contribution in [0, 0.1) is 0 Å². The number of hydrogen-bond acceptors (Lipinski definition) is 3. The summed E-state index contributed by atoms with van der Waals surface area (Å²) in [5.41, 5.74) is 2.46. The van der Waals surface area contributed by atoms with Crippen molar-refractivity contribution in [2.75, 3.05) is 26.7 Å². The summed E-state index contributed by atoms with van der Waals surface area (Å²) in [4.78, 5) is 2.19. The zero-order valence-corrected chi connectivity index (χ0v) is 16.4. The van der Waals surface area contributed by atoms with Gasteiger partial charge in [-0.15, -0.1) is 0 Å². The van der Waals surface area contributed by atoms with E-state index in [4.69, 9.17) is 17.0 Å². The SMILES string of the molecule is CCN(CCCc1ccc(O)c(OC)c1)C(=S)NCCc1ccccc1. The van der Waals surface area contributed by atoms with Gasteiger partial charge >= 0.3 is 0 Å². The van der Waals surface area contributed by atoms with Gasteiger partial charge < -0.3 is 20.1 Å². The van der Waals surface area contributed by atoms with Crippen molar-refractivity contribution in [3.8, 4) is 11.5 Å². The van der Waals surface area contributed by atoms with Gasteiger partial charge in [0.1, 0.15) is 0 Å². The first-order valence-corrected chi connectivity index (χ1v) is 9.47. The van der Waals surface area contributed by atoms with E-state index < -0.39 is 0 Å². The third kappa shape index (κ3) is 6.23. The minimum absolute atomic E-state index is 0.176. The van der Waals surface area contributed by atoms with Crippen molar-refractivity contribution in [2.45, 2.75) is 26.2 Å². The van der Waals surface area contributed by atoms with E-state index in [1.165, 1.54) is 5.56 Å². The Morgan fingerprint density at radius 1 is 1.12 bits per heavy atom. The van der Waals surface area contributed by atoms with Gasteiger partial charge in [-0.05, 0) is 61.7 Å². The predicted octanol–water partition coefficient (Wildman–Crippen LogP) is 3.77. The van der Waals surface area contributed by atoms with Gasteiger partial charge in [-0.1, -0.05) is 36.4 Å². The molecule has 0 spiro atoms. The summed E-state index contributed by atoms with van der Waals surface area (Å²) in [6, 6.07) is 15.9. The molecular weight excluding hydrogens is 344 g/mol. The lowest BCUT2D eigenvalue weighted by Gasteiger charge is -2.24. The molecule has 0 unspecified atom stereocenters. The first-order chi connectivity index (χ1) is 12.6. The second-order valence-corrected chi connectivity index (χ2v) is 6.54. The van der Waals surface area contributed by atoms with Crippen molar-refractivity contribution in [1.82, 2.24) is 10.2 Å². The number of methoxy groups -OCH3 is 1. The summed E-state index contributed by atoms with van der Waals surface area (Å²) >= 11 is 5.54. The molecule has 2 N–H and O–H groups in total. The molecule has 0 atom stereocenters. The quantitative estimate of drug-likeness (QED) is 0.656. The molecule has 0 radical (unpaired) electrons. The number of ether oxygens (including phenoxy) is 1. The van der Waals surface area contributed by atoms with Crippen molar-refractivity contribution >= 4 is 17.3 Å². The monoisotopic (exact) mass is 372 g/mol. The van der Waals surface area contributed by atoms with Crippen LogP contribution in [0.2, 0.25) is 0 Å². The van der Waals surface area contributed by atoms with Crippen molar-refractivity contribution in [3.05, 3.63) is 59.7 Å². The van der Waals surface area contributed by atoms with Gasteiger partial charge in [-0.25, -0.2) is 0 Å². The molecule has 0 fully saturated rings. The highest BCUT2D eigenvalue weighted by atomic mass is 32.1. The lowest BCUT2D eigenvalue weighted by Crippen LogP contribution is -2.41. The molecule has 2 rings (SSSR count). The lowest BCUT2D eigenvalue weighted by atomic mass is 10.1. The van der Waals surface area contributed by atoms with Crippen molar-refractivity contribution in [1.29, 1.82) is 0 Å². The van der Waals surface area contributed by atoms with Crippen molar-refractivity contribution < 1.29 is 9.84 Å². The Hall–Kier alpha value is -2.27. The maximum atomic E-state index is 9.67. The van der Waals surface area contributed by atoms with Crippen LogP contribution in [0.15, 0.2) is 48.5 Å². The minimum atomic E-state index is 0.176. The zero-order chi connectivity index (χ0) is 18.8. The Labute approximate surface area is 161 Å². The van der Waals surface area contributed by atoms with Gasteiger partial charge in [-0.2, -0.15) is 0 Å². The van der Waals surface area contributed by atoms with Gasteiger partial charge in [-0.3, -0.25) is 0 Å². The number of phenols is 1. The number of aromatic hydroxyl groups is 1. The maximum Gasteiger partial charge on any atom is 0.168 e. The van der Waals surface area contributed by atoms with Gasteiger partial charge in [0.05, 0.1) is 7.11 Å². The van der Waals surface area contributed by atoms with Gasteiger partial charge in [0.25, 0.3) is 0 Å². The molecule has 2 aromatic carbocycles. The second-order valence-electron chi connectivity index (χ2n) is 6.16. The second kappa shape index (κ2) is 10.7. The summed E-state index contributed by atoms with van der Waals surface area (Å²) in [6.07, 6.45) is 2.87. The predicted molar refractivity (Wildman–Crippen MR) is 111 cm³/mol. The molecule has 5 heteroatoms. The lowest BCUT2D eigenvalue weighted by molar-refractivity contribution is 0.372. The van der Waals surface area contributed by atoms with Gasteiger partial charge in [0.2, 0.25) is 0 Å². The van der Waals surface area contributed by atoms with Crippen LogP contribution in [0.25, 0.3) is 0 Å². The van der Waals surface area contributed by atoms with Crippen LogP contribution in [-0.2, 0) is 12.8 Å². The van der Waals surface area contributed by atoms with E-state index in [-0.39, 0.29) is 5.75 Å². The van der Waals surface area contributed by atoms with Crippen LogP contribution < -0.4 is 10.1 Å². The maximum absolute atomic E-state index is 9.67. The van der Waals surface area contributed by atoms with E-state index in [2.05, 4.69) is 41.4 Å². The summed E-state index contributed by atoms with van der Waals surface area (Å²) in [6.45, 7) is 4.75. The normalized spacial score (nSPS) is 10.4. The number of nitrogens with zero attached hydrogens (tertiary/aromatic N) is 1. The van der Waals surface area contributed by atoms with Crippen LogP contribution in [0.4, 0.5) is 0 Å². The summed E-state index contributed by atoms with van der Waals surface area (Å²) in [5.74, 6) is 0.697. The van der Waals surface area contributed by atoms with E-state index in [0.29, 0.717) is 5.75 Å². The van der Waals surface area contributed by atoms with Crippen LogP contribution in [0.3, 0.4) is 0 Å². The zero-order valence-electron chi connectivity index (χ0n) is 15.6. The molecule has 0 saturated carbocycles. The number of aryl methyl sites for hydroxylation is 1. The number of nitrogens with one attached hydrogen (secondary N) is 1. The van der Waals surface area contributed by atoms with Crippen LogP contribution in [0.5, 0.6) is 11.5 Å². The van der Waals surface area contributed by atoms with E-state index in [9.17, 15) is 5.11 Å². The van der Waals surface area contributed by atoms with Crippen molar-refractivity contribution in [3.63, 3.8) is 0 Å². The Morgan fingerprint density at radius 3 is 2.58 bits per heavy atom. The standard InChI is InChI=1S/C21H28N2O2S/c1-3-23(21(26)22-14-13-17-8-5-4-6-9-17)15-7-10-18-11-12-19(24)20(16-18)25-2/h4-6,8-9,11-12,16,24H,3,7,10,13-15H2,1-2H3,(H,22,26). The largest absolute Gasteiger partial charge is 0.504 e. The third-order valence-corrected chi connectivity index (χ3v) is 4.74. The van der Waals surface area contributed by atoms with Crippen LogP contribution >= 0.6 is 12.2 Å². The molecule has 0 amide bonds. The topological polar surface area (TPSA) is 44.7 Å². The van der Waals surface area contributed by atoms with Gasteiger partial charge in [0, 0.05) is 19.6 Å². The summed E-state index contributed by atoms with van der Waals surface area (Å²) < 4.78 is 5.16. The molecule has 0 saturated heterocycles. The van der Waals surface area contributed by atoms with E-state index in [0.717, 1.165) is 49.6 Å². The molecule has 0 aliphatic carbocycles. The molecule has 0 aliphatic heterocycles. The molecule has 2 aromatic rings. The minimum Gasteiger partial charge on any atom is -0.504 e. The Morgan fingerprint density at radius 2 is 1.88 bits per heavy atom. The van der Waals surface area contributed by atoms with Gasteiger partial charge in [0.15, 0.2) is 16.6 Å². The fourth-order valence-electron chi connectivity index (χ4n) is 2.83. The molecule has 0 aliphatic rings. The number of hydrogen-bond donors (Lipinski definition) is 2. The van der Waals surface area contributed by atoms with Crippen molar-refractivity contribution in [2.24, 2.45) is 0 Å². The average molecular weight is 373 g/mol. The Bertz CT molecular complexity index is 692. The number of rotatable bonds is 9. The first-order valence-electron chi connectivity index (χ1n) is 9.06. The highest BCUT2D eigenvalue weighted by Gasteiger charge is 2.08. The smallest absolute Gasteiger partial charge is 0.168 e. The summed E-state index contributed by atoms with van der Waals surface area (Å²) in [7, 11) is 1.57. The highest BCUT2D eigenvalue weighted by Crippen LogP contribution is 2.26. The molecule has 0 aromatic heterocycles. The fourth-order valence-corrected chi connectivity index (χ4v) is 3.15. The van der Waals surface area contributed by atoms with E-state index in [1.807, 2.05) is 18.2 Å². The highest BCUT2D eigenvalue weighted by molar-refractivity contribution is 7.80. The number of thiocarbonyl (C=S) groups is 1. The van der Waals surface area contributed by atoms with E-state index >= 15 is 0 Å². The third-order valence-electron chi connectivity index (χ3n) is 4.34. The fraction of sp³-hybridized carbons (Fsp3) is 0.381. The molecule has 4 nitrogen and oxygen atoms in total. The van der Waals surface area contributed by atoms with Crippen LogP contribution in [-0.4, -0.2) is 41.9 Å². The van der Waals surface area contributed by atoms with Crippen LogP contribution in [0.1, 0.15) is 24.5 Å². The summed E-state index contributed by atoms with van der Waals surface area (Å²) in [5, 5.41) is 13.8. The van der Waals surface area contributed by atoms with E-state index in [1.54, 1.807) is 13.2 Å². The molecule has 0 heterocycles. The molecular formula is C21H28N2O2S. The molecule has 26 heavy (non-hydrogen) atoms. The average Bonchev–Trinajstić information content (AvgIpc) is 2.67. The number of phenolic OH excluding ortho intramolecular Hbond substituents is 1. The Kier molecular flexibility index (Phi) is 8.22. The number of benzene rings is 2.